The number of Topliss-reactive ketones (excluding diaryl/α,β-unsaturated/α-hetero) is 1. The van der Waals surface area contributed by atoms with Crippen molar-refractivity contribution in [3.8, 4) is 0 Å². The Hall–Kier alpha value is -2.07. The molecule has 1 aromatic carbocycles. The average Bonchev–Trinajstić information content (AvgIpc) is 2.52. The zero-order valence-corrected chi connectivity index (χ0v) is 12.1. The van der Waals surface area contributed by atoms with E-state index >= 15 is 0 Å². The Balaban J connectivity index is 1.91. The molecule has 0 spiro atoms. The van der Waals surface area contributed by atoms with Crippen LogP contribution in [0.3, 0.4) is 0 Å². The lowest BCUT2D eigenvalue weighted by atomic mass is 10.1. The summed E-state index contributed by atoms with van der Waals surface area (Å²) >= 11 is 0. The predicted molar refractivity (Wildman–Crippen MR) is 80.5 cm³/mol. The van der Waals surface area contributed by atoms with Crippen molar-refractivity contribution in [2.45, 2.75) is 19.9 Å². The maximum atomic E-state index is 13.5. The van der Waals surface area contributed by atoms with Gasteiger partial charge in [-0.25, -0.2) is 4.39 Å². The molecule has 2 rings (SSSR count). The number of aromatic nitrogens is 1. The first kappa shape index (κ1) is 15.3. The number of rotatable bonds is 7. The Kier molecular flexibility index (Phi) is 5.58. The highest BCUT2D eigenvalue weighted by Gasteiger charge is 2.13. The van der Waals surface area contributed by atoms with Gasteiger partial charge in [-0.15, -0.1) is 0 Å². The summed E-state index contributed by atoms with van der Waals surface area (Å²) in [5.41, 5.74) is 1.14. The predicted octanol–water partition coefficient (Wildman–Crippen LogP) is 3.32. The number of hydrogen-bond donors (Lipinski definition) is 0. The van der Waals surface area contributed by atoms with Crippen LogP contribution in [0.4, 0.5) is 4.39 Å². The highest BCUT2D eigenvalue weighted by Crippen LogP contribution is 2.10. The quantitative estimate of drug-likeness (QED) is 0.732. The second-order valence-electron chi connectivity index (χ2n) is 4.84. The molecule has 0 amide bonds. The van der Waals surface area contributed by atoms with E-state index in [2.05, 4.69) is 9.88 Å². The lowest BCUT2D eigenvalue weighted by Crippen LogP contribution is -2.26. The highest BCUT2D eigenvalue weighted by atomic mass is 19.1. The van der Waals surface area contributed by atoms with E-state index in [-0.39, 0.29) is 11.3 Å². The van der Waals surface area contributed by atoms with Gasteiger partial charge < -0.3 is 0 Å². The Bertz CT molecular complexity index is 586. The normalized spacial score (nSPS) is 10.8. The van der Waals surface area contributed by atoms with Crippen molar-refractivity contribution in [2.24, 2.45) is 0 Å². The first-order valence-corrected chi connectivity index (χ1v) is 7.10. The fraction of sp³-hybridized carbons (Fsp3) is 0.294. The molecule has 0 bridgehead atoms. The topological polar surface area (TPSA) is 33.2 Å². The van der Waals surface area contributed by atoms with Crippen LogP contribution < -0.4 is 0 Å². The van der Waals surface area contributed by atoms with Crippen LogP contribution in [0.5, 0.6) is 0 Å². The molecule has 0 aliphatic carbocycles. The number of benzene rings is 1. The minimum Gasteiger partial charge on any atom is -0.297 e. The Morgan fingerprint density at radius 1 is 1.19 bits per heavy atom. The van der Waals surface area contributed by atoms with Gasteiger partial charge in [0.05, 0.1) is 11.3 Å². The molecule has 0 N–H and O–H groups in total. The van der Waals surface area contributed by atoms with Crippen LogP contribution in [0.2, 0.25) is 0 Å². The van der Waals surface area contributed by atoms with Crippen LogP contribution in [-0.4, -0.2) is 28.8 Å². The first-order valence-electron chi connectivity index (χ1n) is 7.10. The van der Waals surface area contributed by atoms with Crippen molar-refractivity contribution < 1.29 is 9.18 Å². The number of carbonyl (C=O) groups excluding carboxylic acids is 1. The van der Waals surface area contributed by atoms with Crippen LogP contribution in [0.1, 0.15) is 29.4 Å². The van der Waals surface area contributed by atoms with Crippen molar-refractivity contribution in [3.05, 3.63) is 65.7 Å². The van der Waals surface area contributed by atoms with Crippen molar-refractivity contribution >= 4 is 5.78 Å². The number of pyridine rings is 1. The molecule has 0 unspecified atom stereocenters. The molecular formula is C17H19FN2O. The summed E-state index contributed by atoms with van der Waals surface area (Å²) < 4.78 is 13.5. The zero-order chi connectivity index (χ0) is 15.1. The van der Waals surface area contributed by atoms with E-state index < -0.39 is 5.82 Å². The van der Waals surface area contributed by atoms with Gasteiger partial charge >= 0.3 is 0 Å². The third-order valence-corrected chi connectivity index (χ3v) is 3.39. The summed E-state index contributed by atoms with van der Waals surface area (Å²) in [6.07, 6.45) is 2.06. The zero-order valence-electron chi connectivity index (χ0n) is 12.1. The van der Waals surface area contributed by atoms with Crippen LogP contribution in [-0.2, 0) is 6.54 Å². The van der Waals surface area contributed by atoms with Crippen LogP contribution in [0.25, 0.3) is 0 Å². The Morgan fingerprint density at radius 3 is 2.62 bits per heavy atom. The lowest BCUT2D eigenvalue weighted by Gasteiger charge is -2.19. The van der Waals surface area contributed by atoms with Crippen molar-refractivity contribution in [3.63, 3.8) is 0 Å². The van der Waals surface area contributed by atoms with Crippen molar-refractivity contribution in [1.82, 2.24) is 9.88 Å². The molecule has 1 heterocycles. The molecule has 0 radical (unpaired) electrons. The molecule has 0 fully saturated rings. The number of hydrogen-bond acceptors (Lipinski definition) is 3. The van der Waals surface area contributed by atoms with E-state index in [0.29, 0.717) is 19.5 Å². The molecule has 0 atom stereocenters. The summed E-state index contributed by atoms with van der Waals surface area (Å²) in [5.74, 6) is -0.608. The standard InChI is InChI=1S/C17H19FN2O/c1-2-20(13-14-7-5-6-11-19-14)12-10-17(21)15-8-3-4-9-16(15)18/h3-9,11H,2,10,12-13H2,1H3. The summed E-state index contributed by atoms with van der Waals surface area (Å²) in [4.78, 5) is 18.5. The number of carbonyl (C=O) groups is 1. The molecule has 0 saturated heterocycles. The summed E-state index contributed by atoms with van der Waals surface area (Å²) in [6, 6.07) is 11.9. The fourth-order valence-corrected chi connectivity index (χ4v) is 2.15. The van der Waals surface area contributed by atoms with E-state index in [4.69, 9.17) is 0 Å². The van der Waals surface area contributed by atoms with E-state index in [1.807, 2.05) is 25.1 Å². The first-order chi connectivity index (χ1) is 10.2. The smallest absolute Gasteiger partial charge is 0.167 e. The van der Waals surface area contributed by atoms with Gasteiger partial charge in [-0.1, -0.05) is 25.1 Å². The molecule has 1 aromatic heterocycles. The maximum absolute atomic E-state index is 13.5. The monoisotopic (exact) mass is 286 g/mol. The maximum Gasteiger partial charge on any atom is 0.167 e. The van der Waals surface area contributed by atoms with Gasteiger partial charge in [-0.05, 0) is 30.8 Å². The minimum atomic E-state index is -0.449. The Labute approximate surface area is 124 Å². The third-order valence-electron chi connectivity index (χ3n) is 3.39. The third kappa shape index (κ3) is 4.46. The van der Waals surface area contributed by atoms with Gasteiger partial charge in [0, 0.05) is 25.7 Å². The largest absolute Gasteiger partial charge is 0.297 e. The van der Waals surface area contributed by atoms with Gasteiger partial charge in [-0.3, -0.25) is 14.7 Å². The highest BCUT2D eigenvalue weighted by molar-refractivity contribution is 5.96. The number of ketones is 1. The van der Waals surface area contributed by atoms with Gasteiger partial charge in [0.25, 0.3) is 0 Å². The van der Waals surface area contributed by atoms with Crippen LogP contribution >= 0.6 is 0 Å². The molecule has 21 heavy (non-hydrogen) atoms. The molecule has 0 aliphatic rings. The summed E-state index contributed by atoms with van der Waals surface area (Å²) in [5, 5.41) is 0. The van der Waals surface area contributed by atoms with Crippen molar-refractivity contribution in [2.75, 3.05) is 13.1 Å². The fourth-order valence-electron chi connectivity index (χ4n) is 2.15. The van der Waals surface area contributed by atoms with E-state index in [0.717, 1.165) is 12.2 Å². The molecular weight excluding hydrogens is 267 g/mol. The van der Waals surface area contributed by atoms with E-state index in [1.165, 1.54) is 12.1 Å². The second kappa shape index (κ2) is 7.64. The molecule has 4 heteroatoms. The molecule has 0 aliphatic heterocycles. The average molecular weight is 286 g/mol. The van der Waals surface area contributed by atoms with E-state index in [9.17, 15) is 9.18 Å². The number of nitrogens with zero attached hydrogens (tertiary/aromatic N) is 2. The number of halogens is 1. The van der Waals surface area contributed by atoms with Gasteiger partial charge in [-0.2, -0.15) is 0 Å². The lowest BCUT2D eigenvalue weighted by molar-refractivity contribution is 0.0959. The molecule has 110 valence electrons. The van der Waals surface area contributed by atoms with Crippen LogP contribution in [0.15, 0.2) is 48.7 Å². The Morgan fingerprint density at radius 2 is 1.95 bits per heavy atom. The SMILES string of the molecule is CCN(CCC(=O)c1ccccc1F)Cc1ccccn1. The molecule has 0 saturated carbocycles. The second-order valence-corrected chi connectivity index (χ2v) is 4.84. The van der Waals surface area contributed by atoms with Gasteiger partial charge in [0.1, 0.15) is 5.82 Å². The molecule has 3 nitrogen and oxygen atoms in total. The van der Waals surface area contributed by atoms with E-state index in [1.54, 1.807) is 18.3 Å². The molecule has 2 aromatic rings. The van der Waals surface area contributed by atoms with Crippen molar-refractivity contribution in [1.29, 1.82) is 0 Å². The summed E-state index contributed by atoms with van der Waals surface area (Å²) in [7, 11) is 0. The minimum absolute atomic E-state index is 0.160. The van der Waals surface area contributed by atoms with Crippen LogP contribution in [0, 0.1) is 5.82 Å². The summed E-state index contributed by atoms with van der Waals surface area (Å²) in [6.45, 7) is 4.15. The van der Waals surface area contributed by atoms with Gasteiger partial charge in [0.2, 0.25) is 0 Å². The van der Waals surface area contributed by atoms with Gasteiger partial charge in [0.15, 0.2) is 5.78 Å².